The molecule has 0 radical (unpaired) electrons. The molecule has 0 atom stereocenters. The van der Waals surface area contributed by atoms with Gasteiger partial charge in [-0.2, -0.15) is 0 Å². The van der Waals surface area contributed by atoms with E-state index in [1.807, 2.05) is 18.2 Å². The summed E-state index contributed by atoms with van der Waals surface area (Å²) in [6.07, 6.45) is 2.66. The molecule has 25 heavy (non-hydrogen) atoms. The van der Waals surface area contributed by atoms with Crippen molar-refractivity contribution in [1.82, 2.24) is 10.6 Å². The molecular formula is C19H22N4O2. The van der Waals surface area contributed by atoms with E-state index in [0.717, 1.165) is 18.5 Å². The Kier molecular flexibility index (Phi) is 7.18. The van der Waals surface area contributed by atoms with Crippen LogP contribution in [0.2, 0.25) is 0 Å². The largest absolute Gasteiger partial charge is 0.356 e. The van der Waals surface area contributed by atoms with Crippen LogP contribution in [0.3, 0.4) is 0 Å². The van der Waals surface area contributed by atoms with Gasteiger partial charge in [-0.25, -0.2) is 4.99 Å². The third kappa shape index (κ3) is 6.47. The number of nitro benzene ring substituents is 1. The Morgan fingerprint density at radius 2 is 1.80 bits per heavy atom. The number of rotatable bonds is 8. The van der Waals surface area contributed by atoms with Crippen molar-refractivity contribution >= 4 is 11.6 Å². The highest BCUT2D eigenvalue weighted by Crippen LogP contribution is 2.12. The van der Waals surface area contributed by atoms with Crippen LogP contribution >= 0.6 is 0 Å². The zero-order chi connectivity index (χ0) is 17.9. The standard InChI is InChI=1S/C19H22N4O2/c1-2-13-20-19(21-14-12-16-6-4-3-5-7-16)22-15-17-8-10-18(11-9-17)23(24)25/h2-11H,1,12-15H2,(H2,20,21,22). The lowest BCUT2D eigenvalue weighted by Crippen LogP contribution is -2.38. The topological polar surface area (TPSA) is 79.6 Å². The molecule has 0 aliphatic heterocycles. The Balaban J connectivity index is 1.91. The highest BCUT2D eigenvalue weighted by Gasteiger charge is 2.04. The predicted molar refractivity (Wildman–Crippen MR) is 101 cm³/mol. The highest BCUT2D eigenvalue weighted by molar-refractivity contribution is 5.79. The molecule has 0 fully saturated rings. The van der Waals surface area contributed by atoms with Crippen molar-refractivity contribution in [2.24, 2.45) is 4.99 Å². The zero-order valence-electron chi connectivity index (χ0n) is 14.0. The van der Waals surface area contributed by atoms with E-state index in [9.17, 15) is 10.1 Å². The molecule has 2 aromatic carbocycles. The van der Waals surface area contributed by atoms with E-state index in [4.69, 9.17) is 0 Å². The molecule has 2 rings (SSSR count). The monoisotopic (exact) mass is 338 g/mol. The van der Waals surface area contributed by atoms with Crippen molar-refractivity contribution in [3.05, 3.63) is 88.5 Å². The molecule has 0 amide bonds. The number of hydrogen-bond donors (Lipinski definition) is 2. The van der Waals surface area contributed by atoms with Gasteiger partial charge in [-0.1, -0.05) is 48.5 Å². The first-order valence-corrected chi connectivity index (χ1v) is 8.09. The first kappa shape index (κ1) is 18.2. The number of non-ortho nitro benzene ring substituents is 1. The summed E-state index contributed by atoms with van der Waals surface area (Å²) < 4.78 is 0. The van der Waals surface area contributed by atoms with Crippen LogP contribution in [0.25, 0.3) is 0 Å². The van der Waals surface area contributed by atoms with Gasteiger partial charge in [0.15, 0.2) is 5.96 Å². The van der Waals surface area contributed by atoms with Gasteiger partial charge in [-0.05, 0) is 17.5 Å². The van der Waals surface area contributed by atoms with Crippen LogP contribution < -0.4 is 10.6 Å². The average Bonchev–Trinajstić information content (AvgIpc) is 2.64. The summed E-state index contributed by atoms with van der Waals surface area (Å²) in [5.41, 5.74) is 2.25. The van der Waals surface area contributed by atoms with Gasteiger partial charge in [-0.3, -0.25) is 10.1 Å². The van der Waals surface area contributed by atoms with Gasteiger partial charge in [0.25, 0.3) is 5.69 Å². The van der Waals surface area contributed by atoms with E-state index in [2.05, 4.69) is 34.3 Å². The van der Waals surface area contributed by atoms with Crippen LogP contribution in [-0.4, -0.2) is 24.0 Å². The maximum absolute atomic E-state index is 10.7. The number of nitrogens with one attached hydrogen (secondary N) is 2. The molecule has 0 heterocycles. The van der Waals surface area contributed by atoms with Crippen LogP contribution in [-0.2, 0) is 13.0 Å². The quantitative estimate of drug-likeness (QED) is 0.255. The minimum Gasteiger partial charge on any atom is -0.356 e. The normalized spacial score (nSPS) is 11.0. The maximum atomic E-state index is 10.7. The second kappa shape index (κ2) is 9.87. The summed E-state index contributed by atoms with van der Waals surface area (Å²) in [4.78, 5) is 14.8. The first-order valence-electron chi connectivity index (χ1n) is 8.09. The molecule has 0 spiro atoms. The average molecular weight is 338 g/mol. The molecule has 130 valence electrons. The van der Waals surface area contributed by atoms with E-state index >= 15 is 0 Å². The summed E-state index contributed by atoms with van der Waals surface area (Å²) in [5.74, 6) is 0.689. The van der Waals surface area contributed by atoms with Gasteiger partial charge in [0.2, 0.25) is 0 Å². The van der Waals surface area contributed by atoms with Gasteiger partial charge < -0.3 is 10.6 Å². The van der Waals surface area contributed by atoms with Crippen molar-refractivity contribution in [3.63, 3.8) is 0 Å². The summed E-state index contributed by atoms with van der Waals surface area (Å²) in [6.45, 7) is 5.50. The Labute approximate surface area is 147 Å². The van der Waals surface area contributed by atoms with E-state index < -0.39 is 4.92 Å². The Bertz CT molecular complexity index is 712. The van der Waals surface area contributed by atoms with Gasteiger partial charge in [0.05, 0.1) is 11.5 Å². The lowest BCUT2D eigenvalue weighted by molar-refractivity contribution is -0.384. The van der Waals surface area contributed by atoms with Crippen LogP contribution in [0.4, 0.5) is 5.69 Å². The summed E-state index contributed by atoms with van der Waals surface area (Å²) in [6, 6.07) is 16.6. The Morgan fingerprint density at radius 1 is 1.08 bits per heavy atom. The Morgan fingerprint density at radius 3 is 2.44 bits per heavy atom. The van der Waals surface area contributed by atoms with Gasteiger partial charge >= 0.3 is 0 Å². The second-order valence-corrected chi connectivity index (χ2v) is 5.42. The zero-order valence-corrected chi connectivity index (χ0v) is 14.0. The molecule has 0 bridgehead atoms. The van der Waals surface area contributed by atoms with E-state index in [1.165, 1.54) is 17.7 Å². The third-order valence-electron chi connectivity index (χ3n) is 3.53. The van der Waals surface area contributed by atoms with Crippen molar-refractivity contribution in [2.45, 2.75) is 13.0 Å². The number of hydrogen-bond acceptors (Lipinski definition) is 3. The number of benzene rings is 2. The molecule has 6 heteroatoms. The van der Waals surface area contributed by atoms with Crippen LogP contribution in [0, 0.1) is 10.1 Å². The molecule has 0 aromatic heterocycles. The van der Waals surface area contributed by atoms with Crippen molar-refractivity contribution in [1.29, 1.82) is 0 Å². The molecule has 0 aliphatic rings. The molecule has 0 aliphatic carbocycles. The van der Waals surface area contributed by atoms with Crippen LogP contribution in [0.15, 0.2) is 72.2 Å². The first-order chi connectivity index (χ1) is 12.2. The van der Waals surface area contributed by atoms with E-state index in [1.54, 1.807) is 18.2 Å². The minimum absolute atomic E-state index is 0.0821. The lowest BCUT2D eigenvalue weighted by atomic mass is 10.1. The van der Waals surface area contributed by atoms with Gasteiger partial charge in [0, 0.05) is 25.2 Å². The minimum atomic E-state index is -0.407. The fourth-order valence-electron chi connectivity index (χ4n) is 2.21. The molecule has 2 aromatic rings. The number of guanidine groups is 1. The number of nitrogens with zero attached hydrogens (tertiary/aromatic N) is 2. The Hall–Kier alpha value is -3.15. The summed E-state index contributed by atoms with van der Waals surface area (Å²) in [5, 5.41) is 17.1. The second-order valence-electron chi connectivity index (χ2n) is 5.42. The van der Waals surface area contributed by atoms with E-state index in [-0.39, 0.29) is 5.69 Å². The summed E-state index contributed by atoms with van der Waals surface area (Å²) in [7, 11) is 0. The van der Waals surface area contributed by atoms with Gasteiger partial charge in [-0.15, -0.1) is 6.58 Å². The van der Waals surface area contributed by atoms with Gasteiger partial charge in [0.1, 0.15) is 0 Å². The summed E-state index contributed by atoms with van der Waals surface area (Å²) >= 11 is 0. The maximum Gasteiger partial charge on any atom is 0.269 e. The SMILES string of the molecule is C=CCNC(=NCc1ccc([N+](=O)[O-])cc1)NCCc1ccccc1. The van der Waals surface area contributed by atoms with Crippen LogP contribution in [0.5, 0.6) is 0 Å². The number of aliphatic imine (C=N–C) groups is 1. The fourth-order valence-corrected chi connectivity index (χ4v) is 2.21. The van der Waals surface area contributed by atoms with Crippen LogP contribution in [0.1, 0.15) is 11.1 Å². The molecule has 0 unspecified atom stereocenters. The molecule has 6 nitrogen and oxygen atoms in total. The van der Waals surface area contributed by atoms with Crippen molar-refractivity contribution in [2.75, 3.05) is 13.1 Å². The smallest absolute Gasteiger partial charge is 0.269 e. The number of nitro groups is 1. The lowest BCUT2D eigenvalue weighted by Gasteiger charge is -2.11. The van der Waals surface area contributed by atoms with E-state index in [0.29, 0.717) is 19.0 Å². The predicted octanol–water partition coefficient (Wildman–Crippen LogP) is 3.06. The molecule has 0 saturated heterocycles. The molecule has 2 N–H and O–H groups in total. The third-order valence-corrected chi connectivity index (χ3v) is 3.53. The van der Waals surface area contributed by atoms with Crippen molar-refractivity contribution < 1.29 is 4.92 Å². The fraction of sp³-hybridized carbons (Fsp3) is 0.211. The molecule has 0 saturated carbocycles. The highest BCUT2D eigenvalue weighted by atomic mass is 16.6. The molecular weight excluding hydrogens is 316 g/mol. The van der Waals surface area contributed by atoms with Crippen molar-refractivity contribution in [3.8, 4) is 0 Å².